The van der Waals surface area contributed by atoms with Gasteiger partial charge in [0.15, 0.2) is 10.6 Å². The summed E-state index contributed by atoms with van der Waals surface area (Å²) in [6.45, 7) is 6.84. The van der Waals surface area contributed by atoms with E-state index in [9.17, 15) is 0 Å². The van der Waals surface area contributed by atoms with Gasteiger partial charge in [0.1, 0.15) is 12.4 Å². The number of aryl methyl sites for hydroxylation is 1. The van der Waals surface area contributed by atoms with Crippen molar-refractivity contribution in [1.82, 2.24) is 14.8 Å². The van der Waals surface area contributed by atoms with E-state index in [4.69, 9.17) is 17.0 Å². The van der Waals surface area contributed by atoms with Crippen molar-refractivity contribution in [3.8, 4) is 5.75 Å². The molecule has 0 fully saturated rings. The highest BCUT2D eigenvalue weighted by atomic mass is 32.1. The quantitative estimate of drug-likeness (QED) is 0.650. The zero-order valence-electron chi connectivity index (χ0n) is 10.9. The molecule has 0 aliphatic rings. The van der Waals surface area contributed by atoms with E-state index < -0.39 is 0 Å². The Hall–Kier alpha value is -1.88. The summed E-state index contributed by atoms with van der Waals surface area (Å²) in [6, 6.07) is 8.06. The first kappa shape index (κ1) is 13.5. The minimum Gasteiger partial charge on any atom is -0.486 e. The fourth-order valence-corrected chi connectivity index (χ4v) is 2.01. The molecule has 0 unspecified atom stereocenters. The van der Waals surface area contributed by atoms with Crippen LogP contribution in [0.2, 0.25) is 0 Å². The minimum atomic E-state index is 0.383. The lowest BCUT2D eigenvalue weighted by Gasteiger charge is -2.08. The lowest BCUT2D eigenvalue weighted by molar-refractivity contribution is 0.290. The van der Waals surface area contributed by atoms with Gasteiger partial charge >= 0.3 is 0 Å². The third-order valence-corrected chi connectivity index (χ3v) is 3.14. The van der Waals surface area contributed by atoms with Crippen molar-refractivity contribution < 1.29 is 4.74 Å². The second kappa shape index (κ2) is 6.33. The number of hydrogen-bond donors (Lipinski definition) is 1. The van der Waals surface area contributed by atoms with Crippen molar-refractivity contribution in [3.63, 3.8) is 0 Å². The van der Waals surface area contributed by atoms with Crippen LogP contribution in [0.3, 0.4) is 0 Å². The van der Waals surface area contributed by atoms with Crippen molar-refractivity contribution in [3.05, 3.63) is 53.1 Å². The van der Waals surface area contributed by atoms with Gasteiger partial charge in [0, 0.05) is 6.54 Å². The Morgan fingerprint density at radius 2 is 2.37 bits per heavy atom. The molecule has 0 saturated heterocycles. The number of hydrogen-bond acceptors (Lipinski definition) is 3. The largest absolute Gasteiger partial charge is 0.486 e. The summed E-state index contributed by atoms with van der Waals surface area (Å²) in [5.41, 5.74) is 1.25. The van der Waals surface area contributed by atoms with Crippen LogP contribution in [0.25, 0.3) is 0 Å². The topological polar surface area (TPSA) is 42.8 Å². The molecule has 1 heterocycles. The number of nitrogens with zero attached hydrogens (tertiary/aromatic N) is 2. The molecule has 0 amide bonds. The van der Waals surface area contributed by atoms with E-state index in [-0.39, 0.29) is 0 Å². The molecule has 100 valence electrons. The number of allylic oxidation sites excluding steroid dienone is 1. The third-order valence-electron chi connectivity index (χ3n) is 2.82. The summed E-state index contributed by atoms with van der Waals surface area (Å²) in [5, 5.41) is 6.93. The third kappa shape index (κ3) is 3.32. The molecular formula is C14H17N3OS. The minimum absolute atomic E-state index is 0.383. The molecule has 0 bridgehead atoms. The van der Waals surface area contributed by atoms with Gasteiger partial charge in [0.2, 0.25) is 0 Å². The summed E-state index contributed by atoms with van der Waals surface area (Å²) in [5.74, 6) is 1.62. The van der Waals surface area contributed by atoms with E-state index in [1.807, 2.05) is 22.8 Å². The molecule has 0 atom stereocenters. The van der Waals surface area contributed by atoms with Crippen molar-refractivity contribution in [1.29, 1.82) is 0 Å². The predicted octanol–water partition coefficient (Wildman–Crippen LogP) is 3.27. The van der Waals surface area contributed by atoms with Gasteiger partial charge in [-0.1, -0.05) is 25.1 Å². The Morgan fingerprint density at radius 3 is 3.11 bits per heavy atom. The van der Waals surface area contributed by atoms with Crippen molar-refractivity contribution in [2.75, 3.05) is 0 Å². The maximum Gasteiger partial charge on any atom is 0.195 e. The molecule has 1 aromatic heterocycles. The average molecular weight is 275 g/mol. The normalized spacial score (nSPS) is 10.4. The zero-order chi connectivity index (χ0) is 13.7. The molecule has 0 aliphatic carbocycles. The first-order valence-corrected chi connectivity index (χ1v) is 6.62. The van der Waals surface area contributed by atoms with Gasteiger partial charge in [0.25, 0.3) is 0 Å². The lowest BCUT2D eigenvalue weighted by Crippen LogP contribution is -2.06. The molecule has 1 N–H and O–H groups in total. The number of aromatic amines is 1. The molecule has 1 aromatic carbocycles. The molecule has 0 saturated carbocycles. The summed E-state index contributed by atoms with van der Waals surface area (Å²) in [7, 11) is 0. The highest BCUT2D eigenvalue weighted by molar-refractivity contribution is 7.71. The highest BCUT2D eigenvalue weighted by Crippen LogP contribution is 2.15. The van der Waals surface area contributed by atoms with E-state index in [1.165, 1.54) is 5.56 Å². The zero-order valence-corrected chi connectivity index (χ0v) is 11.7. The summed E-state index contributed by atoms with van der Waals surface area (Å²) >= 11 is 5.15. The molecule has 19 heavy (non-hydrogen) atoms. The van der Waals surface area contributed by atoms with Crippen LogP contribution in [-0.4, -0.2) is 14.8 Å². The predicted molar refractivity (Wildman–Crippen MR) is 77.8 cm³/mol. The number of nitrogens with one attached hydrogen (secondary N) is 1. The monoisotopic (exact) mass is 275 g/mol. The van der Waals surface area contributed by atoms with Gasteiger partial charge in [-0.25, -0.2) is 0 Å². The van der Waals surface area contributed by atoms with E-state index in [1.54, 1.807) is 6.08 Å². The van der Waals surface area contributed by atoms with Crippen molar-refractivity contribution in [2.24, 2.45) is 0 Å². The van der Waals surface area contributed by atoms with E-state index in [0.29, 0.717) is 17.9 Å². The van der Waals surface area contributed by atoms with E-state index in [2.05, 4.69) is 29.8 Å². The smallest absolute Gasteiger partial charge is 0.195 e. The molecule has 0 radical (unpaired) electrons. The van der Waals surface area contributed by atoms with Crippen molar-refractivity contribution in [2.45, 2.75) is 26.5 Å². The van der Waals surface area contributed by atoms with E-state index in [0.717, 1.165) is 18.0 Å². The van der Waals surface area contributed by atoms with Crippen LogP contribution in [-0.2, 0) is 19.6 Å². The molecule has 2 aromatic rings. The number of benzene rings is 1. The van der Waals surface area contributed by atoms with Crippen molar-refractivity contribution >= 4 is 12.2 Å². The van der Waals surface area contributed by atoms with Crippen LogP contribution in [0, 0.1) is 4.77 Å². The number of ether oxygens (including phenoxy) is 1. The summed E-state index contributed by atoms with van der Waals surface area (Å²) in [4.78, 5) is 0. The Bertz CT molecular complexity index is 615. The van der Waals surface area contributed by atoms with Crippen LogP contribution in [0.1, 0.15) is 18.3 Å². The van der Waals surface area contributed by atoms with Crippen LogP contribution in [0.4, 0.5) is 0 Å². The fraction of sp³-hybridized carbons (Fsp3) is 0.286. The maximum absolute atomic E-state index is 5.75. The molecule has 0 aliphatic heterocycles. The lowest BCUT2D eigenvalue weighted by atomic mass is 10.2. The number of rotatable bonds is 6. The Kier molecular flexibility index (Phi) is 4.52. The Balaban J connectivity index is 2.09. The summed E-state index contributed by atoms with van der Waals surface area (Å²) < 4.78 is 8.20. The average Bonchev–Trinajstić information content (AvgIpc) is 2.78. The Morgan fingerprint density at radius 1 is 1.53 bits per heavy atom. The second-order valence-corrected chi connectivity index (χ2v) is 4.52. The molecule has 4 nitrogen and oxygen atoms in total. The van der Waals surface area contributed by atoms with Crippen LogP contribution >= 0.6 is 12.2 Å². The molecular weight excluding hydrogens is 258 g/mol. The van der Waals surface area contributed by atoms with Gasteiger partial charge in [-0.15, -0.1) is 6.58 Å². The second-order valence-electron chi connectivity index (χ2n) is 4.13. The summed E-state index contributed by atoms with van der Waals surface area (Å²) in [6.07, 6.45) is 2.78. The first-order chi connectivity index (χ1) is 9.24. The molecule has 2 rings (SSSR count). The van der Waals surface area contributed by atoms with E-state index >= 15 is 0 Å². The fourth-order valence-electron chi connectivity index (χ4n) is 1.78. The highest BCUT2D eigenvalue weighted by Gasteiger charge is 2.05. The molecule has 5 heteroatoms. The van der Waals surface area contributed by atoms with Gasteiger partial charge < -0.3 is 4.74 Å². The first-order valence-electron chi connectivity index (χ1n) is 6.21. The standard InChI is InChI=1S/C14H17N3OS/c1-3-8-17-13(15-16-14(17)19)10-18-12-7-5-6-11(4-2)9-12/h3,5-7,9H,1,4,8,10H2,2H3,(H,16,19). The van der Waals surface area contributed by atoms with Gasteiger partial charge in [-0.05, 0) is 36.3 Å². The van der Waals surface area contributed by atoms with Crippen LogP contribution in [0.5, 0.6) is 5.75 Å². The Labute approximate surface area is 117 Å². The van der Waals surface area contributed by atoms with Gasteiger partial charge in [-0.3, -0.25) is 9.67 Å². The number of H-pyrrole nitrogens is 1. The van der Waals surface area contributed by atoms with Gasteiger partial charge in [0.05, 0.1) is 0 Å². The van der Waals surface area contributed by atoms with Crippen LogP contribution < -0.4 is 4.74 Å². The molecule has 0 spiro atoms. The SMILES string of the molecule is C=CCn1c(COc2cccc(CC)c2)n[nH]c1=S. The van der Waals surface area contributed by atoms with Crippen LogP contribution in [0.15, 0.2) is 36.9 Å². The maximum atomic E-state index is 5.75. The number of aromatic nitrogens is 3. The van der Waals surface area contributed by atoms with Gasteiger partial charge in [-0.2, -0.15) is 5.10 Å².